The number of anilines is 1. The number of hydrogen-bond donors (Lipinski definition) is 1. The van der Waals surface area contributed by atoms with Crippen molar-refractivity contribution in [2.45, 2.75) is 46.0 Å². The summed E-state index contributed by atoms with van der Waals surface area (Å²) < 4.78 is 0. The van der Waals surface area contributed by atoms with Crippen LogP contribution in [-0.2, 0) is 9.59 Å². The Labute approximate surface area is 132 Å². The van der Waals surface area contributed by atoms with Crippen LogP contribution >= 0.6 is 0 Å². The van der Waals surface area contributed by atoms with Crippen molar-refractivity contribution in [3.05, 3.63) is 29.8 Å². The van der Waals surface area contributed by atoms with Gasteiger partial charge in [-0.2, -0.15) is 0 Å². The lowest BCUT2D eigenvalue weighted by molar-refractivity contribution is -0.136. The summed E-state index contributed by atoms with van der Waals surface area (Å²) in [6, 6.07) is 7.76. The number of amides is 2. The molecule has 120 valence electrons. The molecular formula is C18H26N2O2. The molecule has 1 heterocycles. The highest BCUT2D eigenvalue weighted by Crippen LogP contribution is 2.24. The van der Waals surface area contributed by atoms with Gasteiger partial charge in [-0.3, -0.25) is 9.59 Å². The molecule has 1 fully saturated rings. The van der Waals surface area contributed by atoms with Crippen molar-refractivity contribution in [2.75, 3.05) is 18.4 Å². The Morgan fingerprint density at radius 2 is 2.05 bits per heavy atom. The van der Waals surface area contributed by atoms with Crippen LogP contribution in [0.3, 0.4) is 0 Å². The Balaban J connectivity index is 1.94. The number of para-hydroxylation sites is 1. The molecule has 0 aromatic heterocycles. The van der Waals surface area contributed by atoms with Crippen LogP contribution in [0.4, 0.5) is 5.69 Å². The first-order valence-electron chi connectivity index (χ1n) is 8.14. The Morgan fingerprint density at radius 3 is 2.73 bits per heavy atom. The average molecular weight is 302 g/mol. The molecule has 1 aliphatic heterocycles. The third-order valence-corrected chi connectivity index (χ3v) is 4.18. The smallest absolute Gasteiger partial charge is 0.233 e. The van der Waals surface area contributed by atoms with Gasteiger partial charge >= 0.3 is 0 Å². The van der Waals surface area contributed by atoms with E-state index in [1.165, 1.54) is 0 Å². The van der Waals surface area contributed by atoms with Gasteiger partial charge in [-0.25, -0.2) is 0 Å². The molecule has 4 nitrogen and oxygen atoms in total. The van der Waals surface area contributed by atoms with Crippen molar-refractivity contribution in [3.63, 3.8) is 0 Å². The molecular weight excluding hydrogens is 276 g/mol. The maximum Gasteiger partial charge on any atom is 0.233 e. The van der Waals surface area contributed by atoms with Gasteiger partial charge in [0.25, 0.3) is 0 Å². The molecule has 2 amide bonds. The van der Waals surface area contributed by atoms with Crippen molar-refractivity contribution in [3.8, 4) is 0 Å². The summed E-state index contributed by atoms with van der Waals surface area (Å²) in [6.45, 7) is 7.88. The second-order valence-corrected chi connectivity index (χ2v) is 6.55. The first-order chi connectivity index (χ1) is 10.5. The Morgan fingerprint density at radius 1 is 1.32 bits per heavy atom. The van der Waals surface area contributed by atoms with Crippen LogP contribution in [-0.4, -0.2) is 29.8 Å². The Kier molecular flexibility index (Phi) is 5.58. The van der Waals surface area contributed by atoms with Gasteiger partial charge in [0.2, 0.25) is 11.8 Å². The number of hydrogen-bond acceptors (Lipinski definition) is 2. The molecule has 1 aromatic carbocycles. The van der Waals surface area contributed by atoms with E-state index >= 15 is 0 Å². The number of nitrogens with one attached hydrogen (secondary N) is 1. The van der Waals surface area contributed by atoms with Gasteiger partial charge in [-0.15, -0.1) is 0 Å². The van der Waals surface area contributed by atoms with Crippen molar-refractivity contribution in [2.24, 2.45) is 5.92 Å². The molecule has 0 aliphatic carbocycles. The third-order valence-electron chi connectivity index (χ3n) is 4.18. The van der Waals surface area contributed by atoms with Crippen LogP contribution in [0.15, 0.2) is 24.3 Å². The summed E-state index contributed by atoms with van der Waals surface area (Å²) in [5.74, 6) is 0.569. The summed E-state index contributed by atoms with van der Waals surface area (Å²) in [7, 11) is 0. The minimum absolute atomic E-state index is 0.0638. The summed E-state index contributed by atoms with van der Waals surface area (Å²) >= 11 is 0. The molecule has 1 unspecified atom stereocenters. The first kappa shape index (κ1) is 16.5. The fourth-order valence-corrected chi connectivity index (χ4v) is 2.97. The molecule has 1 aliphatic rings. The van der Waals surface area contributed by atoms with Crippen molar-refractivity contribution in [1.82, 2.24) is 4.90 Å². The van der Waals surface area contributed by atoms with Gasteiger partial charge in [0.1, 0.15) is 6.42 Å². The van der Waals surface area contributed by atoms with Gasteiger partial charge in [0.05, 0.1) is 0 Å². The minimum atomic E-state index is -0.226. The maximum atomic E-state index is 12.2. The van der Waals surface area contributed by atoms with Gasteiger partial charge in [-0.05, 0) is 36.3 Å². The molecule has 1 aromatic rings. The van der Waals surface area contributed by atoms with E-state index in [9.17, 15) is 9.59 Å². The molecule has 0 saturated carbocycles. The molecule has 0 radical (unpaired) electrons. The standard InChI is InChI=1S/C18H26N2O2/c1-13(2)15-8-4-5-9-16(15)19-17(21)11-18(22)20-10-6-7-14(3)12-20/h4-5,8-9,13-14H,6-7,10-12H2,1-3H3,(H,19,21). The molecule has 0 spiro atoms. The molecule has 22 heavy (non-hydrogen) atoms. The van der Waals surface area contributed by atoms with E-state index in [2.05, 4.69) is 26.1 Å². The number of likely N-dealkylation sites (tertiary alicyclic amines) is 1. The highest BCUT2D eigenvalue weighted by atomic mass is 16.2. The van der Waals surface area contributed by atoms with Gasteiger partial charge < -0.3 is 10.2 Å². The highest BCUT2D eigenvalue weighted by molar-refractivity contribution is 6.03. The monoisotopic (exact) mass is 302 g/mol. The van der Waals surface area contributed by atoms with Gasteiger partial charge in [0.15, 0.2) is 0 Å². The number of rotatable bonds is 4. The second-order valence-electron chi connectivity index (χ2n) is 6.55. The fraction of sp³-hybridized carbons (Fsp3) is 0.556. The summed E-state index contributed by atoms with van der Waals surface area (Å²) in [5.41, 5.74) is 1.90. The topological polar surface area (TPSA) is 49.4 Å². The lowest BCUT2D eigenvalue weighted by Crippen LogP contribution is -2.40. The molecule has 1 atom stereocenters. The van der Waals surface area contributed by atoms with Crippen LogP contribution in [0, 0.1) is 5.92 Å². The fourth-order valence-electron chi connectivity index (χ4n) is 2.97. The number of piperidine rings is 1. The van der Waals surface area contributed by atoms with Gasteiger partial charge in [-0.1, -0.05) is 39.0 Å². The maximum absolute atomic E-state index is 12.2. The predicted octanol–water partition coefficient (Wildman–Crippen LogP) is 3.40. The number of nitrogens with zero attached hydrogens (tertiary/aromatic N) is 1. The van der Waals surface area contributed by atoms with Gasteiger partial charge in [0, 0.05) is 18.8 Å². The average Bonchev–Trinajstić information content (AvgIpc) is 2.47. The largest absolute Gasteiger partial charge is 0.342 e. The van der Waals surface area contributed by atoms with E-state index < -0.39 is 0 Å². The predicted molar refractivity (Wildman–Crippen MR) is 88.8 cm³/mol. The Bertz CT molecular complexity index is 540. The van der Waals surface area contributed by atoms with Crippen molar-refractivity contribution in [1.29, 1.82) is 0 Å². The number of carbonyl (C=O) groups is 2. The van der Waals surface area contributed by atoms with E-state index in [4.69, 9.17) is 0 Å². The molecule has 1 saturated heterocycles. The third kappa shape index (κ3) is 4.33. The zero-order valence-corrected chi connectivity index (χ0v) is 13.8. The lowest BCUT2D eigenvalue weighted by Gasteiger charge is -2.30. The summed E-state index contributed by atoms with van der Waals surface area (Å²) in [5, 5.41) is 2.89. The quantitative estimate of drug-likeness (QED) is 0.867. The van der Waals surface area contributed by atoms with E-state index in [0.29, 0.717) is 11.8 Å². The zero-order chi connectivity index (χ0) is 16.1. The van der Waals surface area contributed by atoms with Crippen molar-refractivity contribution < 1.29 is 9.59 Å². The van der Waals surface area contributed by atoms with E-state index in [0.717, 1.165) is 37.2 Å². The highest BCUT2D eigenvalue weighted by Gasteiger charge is 2.23. The number of carbonyl (C=O) groups excluding carboxylic acids is 2. The first-order valence-corrected chi connectivity index (χ1v) is 8.14. The van der Waals surface area contributed by atoms with Crippen LogP contribution in [0.5, 0.6) is 0 Å². The molecule has 1 N–H and O–H groups in total. The van der Waals surface area contributed by atoms with E-state index in [-0.39, 0.29) is 18.2 Å². The molecule has 4 heteroatoms. The van der Waals surface area contributed by atoms with Crippen LogP contribution in [0.25, 0.3) is 0 Å². The summed E-state index contributed by atoms with van der Waals surface area (Å²) in [4.78, 5) is 26.2. The second kappa shape index (κ2) is 7.43. The van der Waals surface area contributed by atoms with E-state index in [1.807, 2.05) is 29.2 Å². The van der Waals surface area contributed by atoms with Crippen LogP contribution in [0.2, 0.25) is 0 Å². The van der Waals surface area contributed by atoms with Crippen molar-refractivity contribution >= 4 is 17.5 Å². The van der Waals surface area contributed by atoms with Crippen LogP contribution < -0.4 is 5.32 Å². The lowest BCUT2D eigenvalue weighted by atomic mass is 10.00. The zero-order valence-electron chi connectivity index (χ0n) is 13.8. The summed E-state index contributed by atoms with van der Waals surface area (Å²) in [6.07, 6.45) is 2.13. The van der Waals surface area contributed by atoms with Crippen LogP contribution in [0.1, 0.15) is 51.5 Å². The molecule has 0 bridgehead atoms. The number of benzene rings is 1. The SMILES string of the molecule is CC1CCCN(C(=O)CC(=O)Nc2ccccc2C(C)C)C1. The Hall–Kier alpha value is -1.84. The normalized spacial score (nSPS) is 18.4. The minimum Gasteiger partial charge on any atom is -0.342 e. The van der Waals surface area contributed by atoms with E-state index in [1.54, 1.807) is 0 Å². The molecule has 2 rings (SSSR count).